The van der Waals surface area contributed by atoms with Crippen molar-refractivity contribution in [3.63, 3.8) is 0 Å². The zero-order chi connectivity index (χ0) is 19.5. The minimum atomic E-state index is -1.18. The second-order valence-electron chi connectivity index (χ2n) is 5.54. The van der Waals surface area contributed by atoms with Crippen LogP contribution in [0.15, 0.2) is 30.3 Å². The van der Waals surface area contributed by atoms with E-state index in [-0.39, 0.29) is 19.3 Å². The van der Waals surface area contributed by atoms with Crippen LogP contribution in [-0.2, 0) is 39.8 Å². The molecule has 0 bridgehead atoms. The molecule has 2 unspecified atom stereocenters. The molecule has 2 atom stereocenters. The number of Topliss-reactive ketones (excluding diaryl/α,β-unsaturated/α-hetero) is 1. The Morgan fingerprint density at radius 1 is 1.08 bits per heavy atom. The number of methoxy groups -OCH3 is 1. The fraction of sp³-hybridized carbons (Fsp3) is 0.444. The van der Waals surface area contributed by atoms with Crippen LogP contribution in [0.5, 0.6) is 0 Å². The normalized spacial score (nSPS) is 12.7. The van der Waals surface area contributed by atoms with E-state index in [1.165, 1.54) is 14.0 Å². The van der Waals surface area contributed by atoms with Crippen molar-refractivity contribution in [3.05, 3.63) is 35.9 Å². The number of aliphatic carboxylic acids is 1. The molecule has 142 valence electrons. The van der Waals surface area contributed by atoms with Crippen LogP contribution in [0.3, 0.4) is 0 Å². The van der Waals surface area contributed by atoms with Gasteiger partial charge in [0, 0.05) is 26.4 Å². The van der Waals surface area contributed by atoms with Crippen LogP contribution in [0.25, 0.3) is 0 Å². The fourth-order valence-corrected chi connectivity index (χ4v) is 2.11. The maximum Gasteiger partial charge on any atom is 0.344 e. The largest absolute Gasteiger partial charge is 0.481 e. The predicted molar refractivity (Wildman–Crippen MR) is 89.3 cm³/mol. The van der Waals surface area contributed by atoms with Gasteiger partial charge in [0.15, 0.2) is 24.6 Å². The van der Waals surface area contributed by atoms with Crippen molar-refractivity contribution in [2.45, 2.75) is 38.4 Å². The monoisotopic (exact) mass is 366 g/mol. The Morgan fingerprint density at radius 3 is 2.27 bits per heavy atom. The number of benzene rings is 1. The highest BCUT2D eigenvalue weighted by Gasteiger charge is 2.24. The van der Waals surface area contributed by atoms with Gasteiger partial charge in [-0.15, -0.1) is 0 Å². The molecule has 1 N–H and O–H groups in total. The molecule has 26 heavy (non-hydrogen) atoms. The first-order chi connectivity index (χ1) is 12.3. The van der Waals surface area contributed by atoms with Crippen molar-refractivity contribution in [1.29, 1.82) is 0 Å². The molecule has 0 spiro atoms. The summed E-state index contributed by atoms with van der Waals surface area (Å²) in [5, 5.41) is 8.63. The lowest BCUT2D eigenvalue weighted by atomic mass is 10.1. The van der Waals surface area contributed by atoms with Crippen molar-refractivity contribution < 1.29 is 38.5 Å². The number of carboxylic acids is 1. The molecule has 0 aliphatic carbocycles. The first-order valence-electron chi connectivity index (χ1n) is 7.98. The van der Waals surface area contributed by atoms with E-state index >= 15 is 0 Å². The van der Waals surface area contributed by atoms with Crippen LogP contribution in [0.1, 0.15) is 25.3 Å². The summed E-state index contributed by atoms with van der Waals surface area (Å²) in [5.74, 6) is -3.26. The summed E-state index contributed by atoms with van der Waals surface area (Å²) in [6, 6.07) is 9.14. The number of ketones is 1. The number of carbonyl (C=O) groups excluding carboxylic acids is 3. The lowest BCUT2D eigenvalue weighted by Gasteiger charge is -2.16. The van der Waals surface area contributed by atoms with Gasteiger partial charge in [0.05, 0.1) is 0 Å². The maximum atomic E-state index is 12.0. The molecule has 0 aliphatic rings. The van der Waals surface area contributed by atoms with E-state index in [4.69, 9.17) is 19.3 Å². The Hall–Kier alpha value is -2.74. The highest BCUT2D eigenvalue weighted by Crippen LogP contribution is 2.08. The molecule has 1 rings (SSSR count). The van der Waals surface area contributed by atoms with E-state index in [2.05, 4.69) is 0 Å². The smallest absolute Gasteiger partial charge is 0.344 e. The Balaban J connectivity index is 2.49. The van der Waals surface area contributed by atoms with Crippen molar-refractivity contribution in [3.8, 4) is 0 Å². The van der Waals surface area contributed by atoms with Gasteiger partial charge in [0.25, 0.3) is 0 Å². The van der Waals surface area contributed by atoms with Crippen LogP contribution >= 0.6 is 0 Å². The van der Waals surface area contributed by atoms with Gasteiger partial charge in [0.2, 0.25) is 0 Å². The Kier molecular flexibility index (Phi) is 9.00. The minimum absolute atomic E-state index is 0.140. The molecule has 0 fully saturated rings. The second kappa shape index (κ2) is 11.0. The third-order valence-corrected chi connectivity index (χ3v) is 3.49. The van der Waals surface area contributed by atoms with Gasteiger partial charge < -0.3 is 19.3 Å². The number of carbonyl (C=O) groups is 4. The quantitative estimate of drug-likeness (QED) is 0.580. The van der Waals surface area contributed by atoms with Gasteiger partial charge in [0.1, 0.15) is 0 Å². The molecule has 0 saturated heterocycles. The number of rotatable bonds is 11. The third-order valence-electron chi connectivity index (χ3n) is 3.49. The minimum Gasteiger partial charge on any atom is -0.481 e. The van der Waals surface area contributed by atoms with E-state index in [0.29, 0.717) is 0 Å². The fourth-order valence-electron chi connectivity index (χ4n) is 2.11. The van der Waals surface area contributed by atoms with Gasteiger partial charge in [-0.1, -0.05) is 30.3 Å². The molecule has 1 aromatic carbocycles. The van der Waals surface area contributed by atoms with Gasteiger partial charge in [-0.25, -0.2) is 9.59 Å². The van der Waals surface area contributed by atoms with Crippen LogP contribution in [0.2, 0.25) is 0 Å². The molecule has 0 saturated carbocycles. The van der Waals surface area contributed by atoms with E-state index in [9.17, 15) is 19.2 Å². The number of ether oxygens (including phenoxy) is 3. The zero-order valence-electron chi connectivity index (χ0n) is 14.7. The first-order valence-corrected chi connectivity index (χ1v) is 7.98. The molecule has 0 aliphatic heterocycles. The van der Waals surface area contributed by atoms with E-state index in [1.807, 2.05) is 30.3 Å². The zero-order valence-corrected chi connectivity index (χ0v) is 14.7. The summed E-state index contributed by atoms with van der Waals surface area (Å²) in [7, 11) is 1.35. The Labute approximate surface area is 151 Å². The molecule has 0 radical (unpaired) electrons. The molecule has 0 amide bonds. The van der Waals surface area contributed by atoms with E-state index < -0.39 is 42.5 Å². The SMILES string of the molecule is COC(Cc1ccccc1)C(=O)OCC(=O)OC(CCC(=O)O)C(C)=O. The Bertz CT molecular complexity index is 625. The van der Waals surface area contributed by atoms with Gasteiger partial charge >= 0.3 is 17.9 Å². The molecule has 8 heteroatoms. The first kappa shape index (κ1) is 21.3. The van der Waals surface area contributed by atoms with E-state index in [0.717, 1.165) is 5.56 Å². The van der Waals surface area contributed by atoms with Crippen LogP contribution < -0.4 is 0 Å². The summed E-state index contributed by atoms with van der Waals surface area (Å²) < 4.78 is 14.8. The summed E-state index contributed by atoms with van der Waals surface area (Å²) in [4.78, 5) is 45.7. The number of esters is 2. The lowest BCUT2D eigenvalue weighted by Crippen LogP contribution is -2.32. The summed E-state index contributed by atoms with van der Waals surface area (Å²) >= 11 is 0. The van der Waals surface area contributed by atoms with Crippen molar-refractivity contribution in [1.82, 2.24) is 0 Å². The highest BCUT2D eigenvalue weighted by atomic mass is 16.6. The van der Waals surface area contributed by atoms with Crippen LogP contribution in [0, 0.1) is 0 Å². The highest BCUT2D eigenvalue weighted by molar-refractivity contribution is 5.85. The van der Waals surface area contributed by atoms with Crippen molar-refractivity contribution in [2.24, 2.45) is 0 Å². The maximum absolute atomic E-state index is 12.0. The topological polar surface area (TPSA) is 116 Å². The van der Waals surface area contributed by atoms with Crippen LogP contribution in [0.4, 0.5) is 0 Å². The molecule has 0 aromatic heterocycles. The predicted octanol–water partition coefficient (Wildman–Crippen LogP) is 1.15. The number of carboxylic acid groups (broad SMARTS) is 1. The average molecular weight is 366 g/mol. The van der Waals surface area contributed by atoms with Gasteiger partial charge in [-0.05, 0) is 12.5 Å². The second-order valence-corrected chi connectivity index (χ2v) is 5.54. The molecule has 1 aromatic rings. The molecular weight excluding hydrogens is 344 g/mol. The van der Waals surface area contributed by atoms with Crippen molar-refractivity contribution in [2.75, 3.05) is 13.7 Å². The lowest BCUT2D eigenvalue weighted by molar-refractivity contribution is -0.169. The van der Waals surface area contributed by atoms with Gasteiger partial charge in [-0.2, -0.15) is 0 Å². The number of hydrogen-bond acceptors (Lipinski definition) is 7. The molecular formula is C18H22O8. The van der Waals surface area contributed by atoms with Gasteiger partial charge in [-0.3, -0.25) is 9.59 Å². The van der Waals surface area contributed by atoms with Crippen LogP contribution in [-0.4, -0.2) is 54.7 Å². The van der Waals surface area contributed by atoms with Crippen molar-refractivity contribution >= 4 is 23.7 Å². The molecule has 8 nitrogen and oxygen atoms in total. The third kappa shape index (κ3) is 7.89. The average Bonchev–Trinajstić information content (AvgIpc) is 2.61. The number of hydrogen-bond donors (Lipinski definition) is 1. The standard InChI is InChI=1S/C18H22O8/c1-12(19)14(8-9-16(20)21)26-17(22)11-25-18(23)15(24-2)10-13-6-4-3-5-7-13/h3-7,14-15H,8-11H2,1-2H3,(H,20,21). The summed E-state index contributed by atoms with van der Waals surface area (Å²) in [5.41, 5.74) is 0.865. The van der Waals surface area contributed by atoms with E-state index in [1.54, 1.807) is 0 Å². The summed E-state index contributed by atoms with van der Waals surface area (Å²) in [6.45, 7) is 0.497. The summed E-state index contributed by atoms with van der Waals surface area (Å²) in [6.07, 6.45) is -2.25. The Morgan fingerprint density at radius 2 is 1.73 bits per heavy atom. The molecule has 0 heterocycles.